The molecule has 1 fully saturated rings. The first-order valence-corrected chi connectivity index (χ1v) is 9.24. The number of benzene rings is 1. The molecule has 2 rings (SSSR count). The lowest BCUT2D eigenvalue weighted by atomic mass is 10.1. The number of hydrogen-bond acceptors (Lipinski definition) is 5. The van der Waals surface area contributed by atoms with Crippen LogP contribution in [0.2, 0.25) is 0 Å². The second kappa shape index (κ2) is 14.6. The number of nitrogens with zero attached hydrogens (tertiary/aromatic N) is 1. The molecular formula is C19H32Cl2N4O3. The van der Waals surface area contributed by atoms with Crippen LogP contribution in [-0.4, -0.2) is 55.6 Å². The molecule has 1 atom stereocenters. The molecule has 1 aromatic carbocycles. The third kappa shape index (κ3) is 10.8. The van der Waals surface area contributed by atoms with Crippen molar-refractivity contribution >= 4 is 42.3 Å². The summed E-state index contributed by atoms with van der Waals surface area (Å²) in [5, 5.41) is 5.80. The highest BCUT2D eigenvalue weighted by Crippen LogP contribution is 2.11. The van der Waals surface area contributed by atoms with Gasteiger partial charge >= 0.3 is 0 Å². The van der Waals surface area contributed by atoms with Crippen LogP contribution in [0.15, 0.2) is 24.3 Å². The maximum absolute atomic E-state index is 12.1. The molecule has 0 radical (unpaired) electrons. The normalized spacial score (nSPS) is 14.9. The average Bonchev–Trinajstić information content (AvgIpc) is 2.64. The number of morpholine rings is 1. The van der Waals surface area contributed by atoms with E-state index in [1.165, 1.54) is 0 Å². The molecule has 2 amide bonds. The highest BCUT2D eigenvalue weighted by molar-refractivity contribution is 5.90. The number of carbonyl (C=O) groups is 2. The van der Waals surface area contributed by atoms with Gasteiger partial charge in [-0.3, -0.25) is 14.5 Å². The fraction of sp³-hybridized carbons (Fsp3) is 0.579. The molecule has 0 aliphatic carbocycles. The minimum absolute atomic E-state index is 0. The van der Waals surface area contributed by atoms with Gasteiger partial charge in [0, 0.05) is 50.7 Å². The molecule has 28 heavy (non-hydrogen) atoms. The van der Waals surface area contributed by atoms with Gasteiger partial charge < -0.3 is 21.1 Å². The van der Waals surface area contributed by atoms with Crippen molar-refractivity contribution in [1.29, 1.82) is 0 Å². The van der Waals surface area contributed by atoms with E-state index in [9.17, 15) is 9.59 Å². The SMILES string of the molecule is CC(N)CCC(=O)NCc1cccc(NC(=O)CCN2CCOCC2)c1.Cl.Cl. The Balaban J connectivity index is 0.00000364. The molecule has 0 spiro atoms. The minimum Gasteiger partial charge on any atom is -0.379 e. The van der Waals surface area contributed by atoms with Crippen LogP contribution in [0, 0.1) is 0 Å². The molecule has 7 nitrogen and oxygen atoms in total. The first-order chi connectivity index (χ1) is 12.5. The van der Waals surface area contributed by atoms with Gasteiger partial charge in [-0.05, 0) is 31.0 Å². The van der Waals surface area contributed by atoms with Crippen molar-refractivity contribution in [2.75, 3.05) is 38.2 Å². The molecular weight excluding hydrogens is 403 g/mol. The Morgan fingerprint density at radius 2 is 1.89 bits per heavy atom. The van der Waals surface area contributed by atoms with Gasteiger partial charge in [-0.15, -0.1) is 24.8 Å². The zero-order chi connectivity index (χ0) is 18.8. The molecule has 160 valence electrons. The number of carbonyl (C=O) groups excluding carboxylic acids is 2. The Kier molecular flexibility index (Phi) is 13.9. The molecule has 9 heteroatoms. The Labute approximate surface area is 179 Å². The summed E-state index contributed by atoms with van der Waals surface area (Å²) in [5.74, 6) is -0.0168. The lowest BCUT2D eigenvalue weighted by Crippen LogP contribution is -2.38. The van der Waals surface area contributed by atoms with Crippen LogP contribution in [0.1, 0.15) is 31.7 Å². The molecule has 4 N–H and O–H groups in total. The maximum atomic E-state index is 12.1. The summed E-state index contributed by atoms with van der Waals surface area (Å²) < 4.78 is 5.30. The van der Waals surface area contributed by atoms with Gasteiger partial charge in [0.05, 0.1) is 13.2 Å². The summed E-state index contributed by atoms with van der Waals surface area (Å²) in [5.41, 5.74) is 7.36. The van der Waals surface area contributed by atoms with Gasteiger partial charge in [0.1, 0.15) is 0 Å². The van der Waals surface area contributed by atoms with Gasteiger partial charge in [0.15, 0.2) is 0 Å². The van der Waals surface area contributed by atoms with Crippen molar-refractivity contribution in [3.63, 3.8) is 0 Å². The molecule has 1 heterocycles. The number of amides is 2. The fourth-order valence-corrected chi connectivity index (χ4v) is 2.71. The van der Waals surface area contributed by atoms with Gasteiger partial charge in [-0.25, -0.2) is 0 Å². The van der Waals surface area contributed by atoms with E-state index < -0.39 is 0 Å². The van der Waals surface area contributed by atoms with Gasteiger partial charge in [0.25, 0.3) is 0 Å². The van der Waals surface area contributed by atoms with E-state index in [1.807, 2.05) is 31.2 Å². The second-order valence-electron chi connectivity index (χ2n) is 6.75. The van der Waals surface area contributed by atoms with Gasteiger partial charge in [-0.2, -0.15) is 0 Å². The van der Waals surface area contributed by atoms with Crippen molar-refractivity contribution < 1.29 is 14.3 Å². The third-order valence-electron chi connectivity index (χ3n) is 4.29. The molecule has 1 aliphatic rings. The van der Waals surface area contributed by atoms with Crippen molar-refractivity contribution in [2.45, 2.75) is 38.8 Å². The van der Waals surface area contributed by atoms with Crippen LogP contribution >= 0.6 is 24.8 Å². The molecule has 1 saturated heterocycles. The highest BCUT2D eigenvalue weighted by atomic mass is 35.5. The lowest BCUT2D eigenvalue weighted by molar-refractivity contribution is -0.121. The molecule has 0 saturated carbocycles. The summed E-state index contributed by atoms with van der Waals surface area (Å²) in [6.45, 7) is 6.30. The number of rotatable bonds is 9. The van der Waals surface area contributed by atoms with Crippen molar-refractivity contribution in [3.05, 3.63) is 29.8 Å². The summed E-state index contributed by atoms with van der Waals surface area (Å²) in [6.07, 6.45) is 1.55. The zero-order valence-electron chi connectivity index (χ0n) is 16.3. The van der Waals surface area contributed by atoms with Crippen molar-refractivity contribution in [1.82, 2.24) is 10.2 Å². The van der Waals surface area contributed by atoms with E-state index in [0.717, 1.165) is 44.1 Å². The second-order valence-corrected chi connectivity index (χ2v) is 6.75. The summed E-state index contributed by atoms with van der Waals surface area (Å²) in [6, 6.07) is 7.57. The highest BCUT2D eigenvalue weighted by Gasteiger charge is 2.12. The monoisotopic (exact) mass is 434 g/mol. The number of anilines is 1. The predicted octanol–water partition coefficient (Wildman–Crippen LogP) is 1.93. The van der Waals surface area contributed by atoms with E-state index in [0.29, 0.717) is 25.8 Å². The molecule has 0 aromatic heterocycles. The summed E-state index contributed by atoms with van der Waals surface area (Å²) in [7, 11) is 0. The van der Waals surface area contributed by atoms with Crippen LogP contribution in [0.25, 0.3) is 0 Å². The smallest absolute Gasteiger partial charge is 0.225 e. The summed E-state index contributed by atoms with van der Waals surface area (Å²) in [4.78, 5) is 26.1. The van der Waals surface area contributed by atoms with Crippen LogP contribution in [0.4, 0.5) is 5.69 Å². The number of nitrogens with one attached hydrogen (secondary N) is 2. The first kappa shape index (κ1) is 26.6. The van der Waals surface area contributed by atoms with E-state index in [4.69, 9.17) is 10.5 Å². The van der Waals surface area contributed by atoms with Gasteiger partial charge in [-0.1, -0.05) is 12.1 Å². The number of halogens is 2. The predicted molar refractivity (Wildman–Crippen MR) is 116 cm³/mol. The fourth-order valence-electron chi connectivity index (χ4n) is 2.71. The maximum Gasteiger partial charge on any atom is 0.225 e. The standard InChI is InChI=1S/C19H30N4O3.2ClH/c1-15(20)5-6-18(24)21-14-16-3-2-4-17(13-16)22-19(25)7-8-23-9-11-26-12-10-23;;/h2-4,13,15H,5-12,14,20H2,1H3,(H,21,24)(H,22,25);2*1H. The molecule has 1 aromatic rings. The first-order valence-electron chi connectivity index (χ1n) is 9.24. The lowest BCUT2D eigenvalue weighted by Gasteiger charge is -2.26. The van der Waals surface area contributed by atoms with Crippen LogP contribution < -0.4 is 16.4 Å². The topological polar surface area (TPSA) is 96.7 Å². The minimum atomic E-state index is -0.0118. The van der Waals surface area contributed by atoms with Crippen LogP contribution in [-0.2, 0) is 20.9 Å². The summed E-state index contributed by atoms with van der Waals surface area (Å²) >= 11 is 0. The quantitative estimate of drug-likeness (QED) is 0.551. The van der Waals surface area contributed by atoms with E-state index in [2.05, 4.69) is 15.5 Å². The third-order valence-corrected chi connectivity index (χ3v) is 4.29. The Morgan fingerprint density at radius 1 is 1.18 bits per heavy atom. The van der Waals surface area contributed by atoms with E-state index in [-0.39, 0.29) is 42.7 Å². The molecule has 0 bridgehead atoms. The van der Waals surface area contributed by atoms with Crippen molar-refractivity contribution in [2.24, 2.45) is 5.73 Å². The van der Waals surface area contributed by atoms with Crippen LogP contribution in [0.5, 0.6) is 0 Å². The molecule has 1 aliphatic heterocycles. The van der Waals surface area contributed by atoms with Crippen LogP contribution in [0.3, 0.4) is 0 Å². The van der Waals surface area contributed by atoms with Crippen molar-refractivity contribution in [3.8, 4) is 0 Å². The Morgan fingerprint density at radius 3 is 2.57 bits per heavy atom. The Hall–Kier alpha value is -1.38. The number of ether oxygens (including phenoxy) is 1. The van der Waals surface area contributed by atoms with E-state index in [1.54, 1.807) is 0 Å². The number of hydrogen-bond donors (Lipinski definition) is 3. The average molecular weight is 435 g/mol. The Bertz CT molecular complexity index is 596. The molecule has 1 unspecified atom stereocenters. The van der Waals surface area contributed by atoms with E-state index >= 15 is 0 Å². The number of nitrogens with two attached hydrogens (primary N) is 1. The largest absolute Gasteiger partial charge is 0.379 e. The zero-order valence-corrected chi connectivity index (χ0v) is 17.9. The van der Waals surface area contributed by atoms with Gasteiger partial charge in [0.2, 0.25) is 11.8 Å².